The molecule has 0 radical (unpaired) electrons. The van der Waals surface area contributed by atoms with Crippen molar-refractivity contribution in [2.75, 3.05) is 23.7 Å². The number of piperidine rings is 1. The molecular weight excluding hydrogens is 242 g/mol. The number of hydrogen-bond donors (Lipinski definition) is 1. The topological polar surface area (TPSA) is 79.5 Å². The number of thioether (sulfide) groups is 1. The minimum atomic E-state index is -0.828. The number of carbonyl (C=O) groups is 1. The molecule has 7 heteroatoms. The van der Waals surface area contributed by atoms with Gasteiger partial charge in [-0.05, 0) is 24.4 Å². The summed E-state index contributed by atoms with van der Waals surface area (Å²) in [5, 5.41) is 12.4. The summed E-state index contributed by atoms with van der Waals surface area (Å²) in [6, 6.07) is 0. The average Bonchev–Trinajstić information content (AvgIpc) is 2.78. The first kappa shape index (κ1) is 12.2. The summed E-state index contributed by atoms with van der Waals surface area (Å²) in [4.78, 5) is 16.7. The number of rotatable bonds is 5. The summed E-state index contributed by atoms with van der Waals surface area (Å²) in [5.41, 5.74) is 0. The van der Waals surface area contributed by atoms with E-state index >= 15 is 0 Å². The molecule has 0 saturated carbocycles. The van der Waals surface area contributed by atoms with Crippen LogP contribution in [0, 0.1) is 0 Å². The number of aliphatic carboxylic acids is 1. The van der Waals surface area contributed by atoms with E-state index in [9.17, 15) is 4.79 Å². The molecule has 1 aromatic heterocycles. The first-order chi connectivity index (χ1) is 8.25. The summed E-state index contributed by atoms with van der Waals surface area (Å²) in [6.07, 6.45) is 3.59. The predicted octanol–water partition coefficient (Wildman–Crippen LogP) is 1.38. The third-order valence-corrected chi connectivity index (χ3v) is 3.45. The maximum absolute atomic E-state index is 10.3. The lowest BCUT2D eigenvalue weighted by Gasteiger charge is -2.24. The zero-order valence-corrected chi connectivity index (χ0v) is 10.3. The normalized spacial score (nSPS) is 16.1. The van der Waals surface area contributed by atoms with Crippen molar-refractivity contribution in [3.05, 3.63) is 5.89 Å². The lowest BCUT2D eigenvalue weighted by atomic mass is 10.1. The van der Waals surface area contributed by atoms with E-state index in [0.29, 0.717) is 17.6 Å². The third kappa shape index (κ3) is 3.62. The first-order valence-electron chi connectivity index (χ1n) is 5.63. The van der Waals surface area contributed by atoms with Crippen LogP contribution in [0.1, 0.15) is 25.2 Å². The van der Waals surface area contributed by atoms with Gasteiger partial charge in [0.05, 0.1) is 11.5 Å². The van der Waals surface area contributed by atoms with E-state index in [-0.39, 0.29) is 5.75 Å². The molecule has 0 amide bonds. The minimum Gasteiger partial charge on any atom is -0.481 e. The predicted molar refractivity (Wildman–Crippen MR) is 64.2 cm³/mol. The molecular formula is C10H15N3O3S. The van der Waals surface area contributed by atoms with Gasteiger partial charge in [0.25, 0.3) is 5.95 Å². The second kappa shape index (κ2) is 5.90. The van der Waals surface area contributed by atoms with Crippen molar-refractivity contribution < 1.29 is 14.4 Å². The Bertz CT molecular complexity index is 377. The molecule has 0 unspecified atom stereocenters. The van der Waals surface area contributed by atoms with Crippen LogP contribution in [0.25, 0.3) is 0 Å². The molecule has 2 heterocycles. The quantitative estimate of drug-likeness (QED) is 0.853. The van der Waals surface area contributed by atoms with Gasteiger partial charge in [-0.15, -0.1) is 11.8 Å². The summed E-state index contributed by atoms with van der Waals surface area (Å²) in [6.45, 7) is 1.95. The molecule has 1 aliphatic heterocycles. The first-order valence-corrected chi connectivity index (χ1v) is 6.78. The molecule has 1 fully saturated rings. The van der Waals surface area contributed by atoms with Crippen molar-refractivity contribution in [2.45, 2.75) is 25.0 Å². The van der Waals surface area contributed by atoms with Crippen LogP contribution >= 0.6 is 11.8 Å². The molecule has 1 N–H and O–H groups in total. The van der Waals surface area contributed by atoms with Crippen LogP contribution in [0.3, 0.4) is 0 Å². The van der Waals surface area contributed by atoms with Crippen molar-refractivity contribution >= 4 is 23.7 Å². The fourth-order valence-corrected chi connectivity index (χ4v) is 2.32. The molecule has 1 aromatic rings. The minimum absolute atomic E-state index is 0.0570. The smallest absolute Gasteiger partial charge is 0.313 e. The second-order valence-electron chi connectivity index (χ2n) is 3.92. The van der Waals surface area contributed by atoms with Crippen molar-refractivity contribution in [2.24, 2.45) is 0 Å². The molecule has 2 rings (SSSR count). The summed E-state index contributed by atoms with van der Waals surface area (Å²) < 4.78 is 5.08. The molecule has 94 valence electrons. The highest BCUT2D eigenvalue weighted by molar-refractivity contribution is 7.99. The van der Waals surface area contributed by atoms with Crippen LogP contribution in [0.2, 0.25) is 0 Å². The number of hydrogen-bond acceptors (Lipinski definition) is 6. The molecule has 0 spiro atoms. The van der Waals surface area contributed by atoms with E-state index < -0.39 is 5.97 Å². The highest BCUT2D eigenvalue weighted by Crippen LogP contribution is 2.18. The summed E-state index contributed by atoms with van der Waals surface area (Å²) in [5.74, 6) is 0.812. The number of carboxylic acid groups (broad SMARTS) is 1. The Morgan fingerprint density at radius 3 is 2.88 bits per heavy atom. The van der Waals surface area contributed by atoms with Crippen LogP contribution < -0.4 is 4.90 Å². The van der Waals surface area contributed by atoms with E-state index in [2.05, 4.69) is 15.0 Å². The van der Waals surface area contributed by atoms with Gasteiger partial charge in [0.2, 0.25) is 5.89 Å². The van der Waals surface area contributed by atoms with Gasteiger partial charge in [0, 0.05) is 13.1 Å². The van der Waals surface area contributed by atoms with Crippen molar-refractivity contribution in [1.82, 2.24) is 10.1 Å². The molecule has 17 heavy (non-hydrogen) atoms. The Labute approximate surface area is 103 Å². The van der Waals surface area contributed by atoms with E-state index in [4.69, 9.17) is 9.63 Å². The van der Waals surface area contributed by atoms with Gasteiger partial charge < -0.3 is 14.5 Å². The zero-order chi connectivity index (χ0) is 12.1. The molecule has 1 saturated heterocycles. The Balaban J connectivity index is 1.84. The van der Waals surface area contributed by atoms with Crippen LogP contribution in [0.15, 0.2) is 4.52 Å². The van der Waals surface area contributed by atoms with Crippen molar-refractivity contribution in [3.63, 3.8) is 0 Å². The molecule has 1 aliphatic rings. The Morgan fingerprint density at radius 1 is 1.41 bits per heavy atom. The highest BCUT2D eigenvalue weighted by Gasteiger charge is 2.16. The van der Waals surface area contributed by atoms with Crippen molar-refractivity contribution in [1.29, 1.82) is 0 Å². The van der Waals surface area contributed by atoms with E-state index in [0.717, 1.165) is 25.9 Å². The number of anilines is 1. The zero-order valence-electron chi connectivity index (χ0n) is 9.46. The van der Waals surface area contributed by atoms with Gasteiger partial charge in [-0.1, -0.05) is 0 Å². The number of carboxylic acids is 1. The standard InChI is InChI=1S/C10H15N3O3S/c14-9(15)7-17-6-8-11-10(12-16-8)13-4-2-1-3-5-13/h1-7H2,(H,14,15). The summed E-state index contributed by atoms with van der Waals surface area (Å²) in [7, 11) is 0. The fraction of sp³-hybridized carbons (Fsp3) is 0.700. The highest BCUT2D eigenvalue weighted by atomic mass is 32.2. The third-order valence-electron chi connectivity index (χ3n) is 2.55. The largest absolute Gasteiger partial charge is 0.481 e. The van der Waals surface area contributed by atoms with Crippen LogP contribution in [-0.2, 0) is 10.5 Å². The van der Waals surface area contributed by atoms with E-state index in [1.807, 2.05) is 0 Å². The van der Waals surface area contributed by atoms with E-state index in [1.54, 1.807) is 0 Å². The van der Waals surface area contributed by atoms with Gasteiger partial charge in [0.15, 0.2) is 0 Å². The summed E-state index contributed by atoms with van der Waals surface area (Å²) >= 11 is 1.26. The lowest BCUT2D eigenvalue weighted by molar-refractivity contribution is -0.133. The van der Waals surface area contributed by atoms with Crippen molar-refractivity contribution in [3.8, 4) is 0 Å². The maximum Gasteiger partial charge on any atom is 0.313 e. The molecule has 0 aliphatic carbocycles. The fourth-order valence-electron chi connectivity index (χ4n) is 1.75. The van der Waals surface area contributed by atoms with E-state index in [1.165, 1.54) is 18.2 Å². The van der Waals surface area contributed by atoms with Crippen LogP contribution in [-0.4, -0.2) is 40.1 Å². The monoisotopic (exact) mass is 257 g/mol. The molecule has 0 bridgehead atoms. The van der Waals surface area contributed by atoms with Crippen LogP contribution in [0.4, 0.5) is 5.95 Å². The average molecular weight is 257 g/mol. The lowest BCUT2D eigenvalue weighted by Crippen LogP contribution is -2.30. The molecule has 6 nitrogen and oxygen atoms in total. The number of aromatic nitrogens is 2. The number of nitrogens with zero attached hydrogens (tertiary/aromatic N) is 3. The second-order valence-corrected chi connectivity index (χ2v) is 4.91. The van der Waals surface area contributed by atoms with Gasteiger partial charge >= 0.3 is 5.97 Å². The Morgan fingerprint density at radius 2 is 2.18 bits per heavy atom. The maximum atomic E-state index is 10.3. The SMILES string of the molecule is O=C(O)CSCc1nc(N2CCCCC2)no1. The van der Waals surface area contributed by atoms with Gasteiger partial charge in [-0.3, -0.25) is 4.79 Å². The molecule has 0 aromatic carbocycles. The van der Waals surface area contributed by atoms with Gasteiger partial charge in [-0.2, -0.15) is 4.98 Å². The molecule has 0 atom stereocenters. The Hall–Kier alpha value is -1.24. The van der Waals surface area contributed by atoms with Gasteiger partial charge in [0.1, 0.15) is 0 Å². The van der Waals surface area contributed by atoms with Crippen LogP contribution in [0.5, 0.6) is 0 Å². The van der Waals surface area contributed by atoms with Gasteiger partial charge in [-0.25, -0.2) is 0 Å². The Kier molecular flexibility index (Phi) is 4.24.